The molecule has 0 saturated carbocycles. The highest BCUT2D eigenvalue weighted by molar-refractivity contribution is 9.10. The number of hydrogen-bond acceptors (Lipinski definition) is 2. The van der Waals surface area contributed by atoms with E-state index in [1.807, 2.05) is 43.3 Å². The number of hydrogen-bond donors (Lipinski definition) is 2. The van der Waals surface area contributed by atoms with Crippen molar-refractivity contribution in [3.05, 3.63) is 58.1 Å². The number of rotatable bonds is 5. The van der Waals surface area contributed by atoms with E-state index in [0.29, 0.717) is 0 Å². The van der Waals surface area contributed by atoms with Crippen LogP contribution in [0, 0.1) is 6.92 Å². The molecular weight excluding hydrogens is 328 g/mol. The number of carbonyl (C=O) groups is 1. The Labute approximate surface area is 133 Å². The quantitative estimate of drug-likeness (QED) is 0.843. The average molecular weight is 347 g/mol. The van der Waals surface area contributed by atoms with Crippen LogP contribution in [-0.2, 0) is 11.2 Å². The van der Waals surface area contributed by atoms with Gasteiger partial charge < -0.3 is 10.6 Å². The largest absolute Gasteiger partial charge is 0.376 e. The molecule has 0 saturated heterocycles. The molecule has 2 N–H and O–H groups in total. The highest BCUT2D eigenvalue weighted by Gasteiger charge is 2.06. The van der Waals surface area contributed by atoms with Crippen LogP contribution in [0.3, 0.4) is 0 Å². The van der Waals surface area contributed by atoms with E-state index in [-0.39, 0.29) is 12.5 Å². The summed E-state index contributed by atoms with van der Waals surface area (Å²) in [5, 5.41) is 6.08. The highest BCUT2D eigenvalue weighted by Crippen LogP contribution is 2.23. The van der Waals surface area contributed by atoms with Gasteiger partial charge in [0, 0.05) is 10.2 Å². The van der Waals surface area contributed by atoms with Crippen molar-refractivity contribution >= 4 is 33.2 Å². The standard InChI is InChI=1S/C17H19BrN2O/c1-3-13-6-4-5-7-15(13)19-11-17(21)20-16-9-8-12(2)10-14(16)18/h4-10,19H,3,11H2,1-2H3,(H,20,21). The van der Waals surface area contributed by atoms with Crippen molar-refractivity contribution in [2.75, 3.05) is 17.2 Å². The average Bonchev–Trinajstić information content (AvgIpc) is 2.48. The van der Waals surface area contributed by atoms with Crippen molar-refractivity contribution in [2.45, 2.75) is 20.3 Å². The lowest BCUT2D eigenvalue weighted by Crippen LogP contribution is -2.22. The van der Waals surface area contributed by atoms with E-state index < -0.39 is 0 Å². The number of anilines is 2. The Kier molecular flexibility index (Phi) is 5.39. The van der Waals surface area contributed by atoms with Crippen molar-refractivity contribution in [3.8, 4) is 0 Å². The molecule has 0 aliphatic carbocycles. The molecular formula is C17H19BrN2O. The van der Waals surface area contributed by atoms with Gasteiger partial charge in [0.15, 0.2) is 0 Å². The Bertz CT molecular complexity index is 640. The Morgan fingerprint density at radius 2 is 1.90 bits per heavy atom. The second-order valence-corrected chi connectivity index (χ2v) is 5.75. The van der Waals surface area contributed by atoms with E-state index in [0.717, 1.165) is 27.8 Å². The van der Waals surface area contributed by atoms with Gasteiger partial charge in [-0.2, -0.15) is 0 Å². The summed E-state index contributed by atoms with van der Waals surface area (Å²) in [7, 11) is 0. The molecule has 0 heterocycles. The van der Waals surface area contributed by atoms with Gasteiger partial charge in [0.2, 0.25) is 5.91 Å². The van der Waals surface area contributed by atoms with Crippen LogP contribution in [0.15, 0.2) is 46.9 Å². The maximum atomic E-state index is 12.0. The predicted molar refractivity (Wildman–Crippen MR) is 91.8 cm³/mol. The Balaban J connectivity index is 1.96. The molecule has 1 amide bonds. The number of aryl methyl sites for hydroxylation is 2. The van der Waals surface area contributed by atoms with Crippen molar-refractivity contribution < 1.29 is 4.79 Å². The minimum absolute atomic E-state index is 0.0644. The van der Waals surface area contributed by atoms with E-state index in [9.17, 15) is 4.79 Å². The lowest BCUT2D eigenvalue weighted by molar-refractivity contribution is -0.114. The van der Waals surface area contributed by atoms with Crippen LogP contribution < -0.4 is 10.6 Å². The second kappa shape index (κ2) is 7.27. The molecule has 0 aromatic heterocycles. The van der Waals surface area contributed by atoms with Gasteiger partial charge in [-0.25, -0.2) is 0 Å². The van der Waals surface area contributed by atoms with Gasteiger partial charge >= 0.3 is 0 Å². The number of amides is 1. The maximum Gasteiger partial charge on any atom is 0.243 e. The summed E-state index contributed by atoms with van der Waals surface area (Å²) in [6, 6.07) is 13.9. The van der Waals surface area contributed by atoms with Crippen LogP contribution in [0.2, 0.25) is 0 Å². The normalized spacial score (nSPS) is 10.2. The van der Waals surface area contributed by atoms with Gasteiger partial charge in [-0.1, -0.05) is 31.2 Å². The molecule has 0 spiro atoms. The van der Waals surface area contributed by atoms with E-state index in [4.69, 9.17) is 0 Å². The summed E-state index contributed by atoms with van der Waals surface area (Å²) < 4.78 is 0.893. The first-order valence-electron chi connectivity index (χ1n) is 6.98. The van der Waals surface area contributed by atoms with Crippen LogP contribution >= 0.6 is 15.9 Å². The minimum atomic E-state index is -0.0644. The van der Waals surface area contributed by atoms with Crippen molar-refractivity contribution in [2.24, 2.45) is 0 Å². The first-order chi connectivity index (χ1) is 10.1. The molecule has 0 atom stereocenters. The number of para-hydroxylation sites is 1. The summed E-state index contributed by atoms with van der Waals surface area (Å²) in [5.74, 6) is -0.0644. The SMILES string of the molecule is CCc1ccccc1NCC(=O)Nc1ccc(C)cc1Br. The molecule has 110 valence electrons. The molecule has 3 nitrogen and oxygen atoms in total. The molecule has 0 fully saturated rings. The summed E-state index contributed by atoms with van der Waals surface area (Å²) in [6.07, 6.45) is 0.939. The number of halogens is 1. The molecule has 4 heteroatoms. The molecule has 0 aliphatic heterocycles. The molecule has 0 bridgehead atoms. The summed E-state index contributed by atoms with van der Waals surface area (Å²) >= 11 is 3.46. The van der Waals surface area contributed by atoms with Crippen molar-refractivity contribution in [1.29, 1.82) is 0 Å². The van der Waals surface area contributed by atoms with Crippen molar-refractivity contribution in [1.82, 2.24) is 0 Å². The third-order valence-electron chi connectivity index (χ3n) is 3.24. The topological polar surface area (TPSA) is 41.1 Å². The zero-order valence-electron chi connectivity index (χ0n) is 12.2. The molecule has 2 aromatic carbocycles. The summed E-state index contributed by atoms with van der Waals surface area (Å²) in [5.41, 5.74) is 4.16. The Morgan fingerprint density at radius 1 is 1.14 bits per heavy atom. The number of carbonyl (C=O) groups excluding carboxylic acids is 1. The van der Waals surface area contributed by atoms with Crippen LogP contribution in [0.25, 0.3) is 0 Å². The molecule has 2 rings (SSSR count). The predicted octanol–water partition coefficient (Wildman–Crippen LogP) is 4.37. The molecule has 0 aliphatic rings. The minimum Gasteiger partial charge on any atom is -0.376 e. The number of nitrogens with one attached hydrogen (secondary N) is 2. The zero-order valence-corrected chi connectivity index (χ0v) is 13.8. The van der Waals surface area contributed by atoms with Crippen LogP contribution in [0.1, 0.15) is 18.1 Å². The molecule has 21 heavy (non-hydrogen) atoms. The van der Waals surface area contributed by atoms with Gasteiger partial charge in [-0.05, 0) is 58.6 Å². The Hall–Kier alpha value is -1.81. The third kappa shape index (κ3) is 4.33. The van der Waals surface area contributed by atoms with E-state index >= 15 is 0 Å². The lowest BCUT2D eigenvalue weighted by atomic mass is 10.1. The van der Waals surface area contributed by atoms with E-state index in [1.54, 1.807) is 0 Å². The highest BCUT2D eigenvalue weighted by atomic mass is 79.9. The van der Waals surface area contributed by atoms with Gasteiger partial charge in [0.05, 0.1) is 12.2 Å². The van der Waals surface area contributed by atoms with Gasteiger partial charge in [0.25, 0.3) is 0 Å². The molecule has 0 radical (unpaired) electrons. The van der Waals surface area contributed by atoms with Gasteiger partial charge in [-0.15, -0.1) is 0 Å². The number of benzene rings is 2. The Morgan fingerprint density at radius 3 is 2.62 bits per heavy atom. The lowest BCUT2D eigenvalue weighted by Gasteiger charge is -2.12. The third-order valence-corrected chi connectivity index (χ3v) is 3.89. The summed E-state index contributed by atoms with van der Waals surface area (Å²) in [4.78, 5) is 12.0. The smallest absolute Gasteiger partial charge is 0.243 e. The van der Waals surface area contributed by atoms with Crippen molar-refractivity contribution in [3.63, 3.8) is 0 Å². The van der Waals surface area contributed by atoms with Crippen LogP contribution in [0.4, 0.5) is 11.4 Å². The maximum absolute atomic E-state index is 12.0. The fourth-order valence-electron chi connectivity index (χ4n) is 2.09. The summed E-state index contributed by atoms with van der Waals surface area (Å²) in [6.45, 7) is 4.36. The molecule has 2 aromatic rings. The first-order valence-corrected chi connectivity index (χ1v) is 7.77. The van der Waals surface area contributed by atoms with Crippen LogP contribution in [-0.4, -0.2) is 12.5 Å². The zero-order chi connectivity index (χ0) is 15.2. The van der Waals surface area contributed by atoms with Gasteiger partial charge in [0.1, 0.15) is 0 Å². The monoisotopic (exact) mass is 346 g/mol. The van der Waals surface area contributed by atoms with E-state index in [2.05, 4.69) is 39.6 Å². The fourth-order valence-corrected chi connectivity index (χ4v) is 2.68. The van der Waals surface area contributed by atoms with Gasteiger partial charge in [-0.3, -0.25) is 4.79 Å². The van der Waals surface area contributed by atoms with Crippen LogP contribution in [0.5, 0.6) is 0 Å². The fraction of sp³-hybridized carbons (Fsp3) is 0.235. The first kappa shape index (κ1) is 15.6. The second-order valence-electron chi connectivity index (χ2n) is 4.90. The van der Waals surface area contributed by atoms with E-state index in [1.165, 1.54) is 5.56 Å². The molecule has 0 unspecified atom stereocenters.